The number of halogens is 3. The van der Waals surface area contributed by atoms with Crippen molar-refractivity contribution in [3.8, 4) is 17.1 Å². The Balaban J connectivity index is 1.76. The Kier molecular flexibility index (Phi) is 5.90. The molecule has 30 heavy (non-hydrogen) atoms. The third kappa shape index (κ3) is 4.41. The fourth-order valence-corrected chi connectivity index (χ4v) is 3.43. The molecule has 0 radical (unpaired) electrons. The molecule has 8 heteroatoms. The molecular weight excluding hydrogens is 487 g/mol. The summed E-state index contributed by atoms with van der Waals surface area (Å²) in [7, 11) is 0. The lowest BCUT2D eigenvalue weighted by molar-refractivity contribution is 0.101. The molecule has 4 aromatic rings. The van der Waals surface area contributed by atoms with E-state index in [0.29, 0.717) is 21.6 Å². The number of carbonyl (C=O) groups is 1. The van der Waals surface area contributed by atoms with Crippen molar-refractivity contribution in [2.75, 3.05) is 5.32 Å². The van der Waals surface area contributed by atoms with Gasteiger partial charge < -0.3 is 5.32 Å². The predicted molar refractivity (Wildman–Crippen MR) is 124 cm³/mol. The van der Waals surface area contributed by atoms with Gasteiger partial charge in [0.05, 0.1) is 5.69 Å². The topological polar surface area (TPSA) is 59.8 Å². The standard InChI is InChI=1S/C22H15BrCl2N4O/c1-13-2-7-17(25)12-19(13)26-22(30)20-27-21(14-3-8-16(24)9-4-14)29(28-20)18-10-5-15(23)6-11-18/h2-12H,1H3,(H,26,30). The first-order valence-electron chi connectivity index (χ1n) is 8.97. The molecule has 0 bridgehead atoms. The first-order valence-corrected chi connectivity index (χ1v) is 10.5. The van der Waals surface area contributed by atoms with Crippen molar-refractivity contribution >= 4 is 50.7 Å². The van der Waals surface area contributed by atoms with Crippen molar-refractivity contribution in [1.29, 1.82) is 0 Å². The Morgan fingerprint density at radius 2 is 1.63 bits per heavy atom. The van der Waals surface area contributed by atoms with Gasteiger partial charge in [-0.25, -0.2) is 9.67 Å². The van der Waals surface area contributed by atoms with E-state index in [-0.39, 0.29) is 5.82 Å². The van der Waals surface area contributed by atoms with Gasteiger partial charge in [-0.2, -0.15) is 0 Å². The maximum atomic E-state index is 12.9. The lowest BCUT2D eigenvalue weighted by Gasteiger charge is -2.07. The number of hydrogen-bond donors (Lipinski definition) is 1. The van der Waals surface area contributed by atoms with E-state index in [1.807, 2.05) is 49.4 Å². The van der Waals surface area contributed by atoms with Crippen LogP contribution in [-0.4, -0.2) is 20.7 Å². The SMILES string of the molecule is Cc1ccc(Cl)cc1NC(=O)c1nc(-c2ccc(Cl)cc2)n(-c2ccc(Br)cc2)n1. The van der Waals surface area contributed by atoms with Crippen LogP contribution in [0.25, 0.3) is 17.1 Å². The summed E-state index contributed by atoms with van der Waals surface area (Å²) in [6, 6.07) is 20.1. The molecule has 0 aliphatic carbocycles. The van der Waals surface area contributed by atoms with E-state index in [4.69, 9.17) is 23.2 Å². The molecule has 0 spiro atoms. The molecule has 150 valence electrons. The number of aryl methyl sites for hydroxylation is 1. The van der Waals surface area contributed by atoms with Gasteiger partial charge in [0.25, 0.3) is 5.91 Å². The average molecular weight is 502 g/mol. The minimum atomic E-state index is -0.425. The van der Waals surface area contributed by atoms with E-state index in [1.54, 1.807) is 28.9 Å². The van der Waals surface area contributed by atoms with Crippen LogP contribution in [0.3, 0.4) is 0 Å². The quantitative estimate of drug-likeness (QED) is 0.344. The zero-order valence-corrected chi connectivity index (χ0v) is 18.8. The van der Waals surface area contributed by atoms with Gasteiger partial charge >= 0.3 is 0 Å². The van der Waals surface area contributed by atoms with E-state index in [2.05, 4.69) is 31.3 Å². The zero-order valence-electron chi connectivity index (χ0n) is 15.7. The van der Waals surface area contributed by atoms with Crippen LogP contribution in [0, 0.1) is 6.92 Å². The smallest absolute Gasteiger partial charge is 0.295 e. The number of hydrogen-bond acceptors (Lipinski definition) is 3. The predicted octanol–water partition coefficient (Wildman–Crippen LogP) is 6.56. The highest BCUT2D eigenvalue weighted by molar-refractivity contribution is 9.10. The summed E-state index contributed by atoms with van der Waals surface area (Å²) in [5.74, 6) is 0.149. The molecule has 4 rings (SSSR count). The maximum Gasteiger partial charge on any atom is 0.295 e. The van der Waals surface area contributed by atoms with Crippen LogP contribution in [0.4, 0.5) is 5.69 Å². The summed E-state index contributed by atoms with van der Waals surface area (Å²) < 4.78 is 2.57. The summed E-state index contributed by atoms with van der Waals surface area (Å²) in [5.41, 5.74) is 3.06. The Bertz CT molecular complexity index is 1160. The molecule has 1 aromatic heterocycles. The van der Waals surface area contributed by atoms with Crippen LogP contribution in [0.1, 0.15) is 16.2 Å². The van der Waals surface area contributed by atoms with Crippen molar-refractivity contribution in [2.24, 2.45) is 0 Å². The molecule has 0 unspecified atom stereocenters. The lowest BCUT2D eigenvalue weighted by atomic mass is 10.2. The van der Waals surface area contributed by atoms with Crippen molar-refractivity contribution in [3.63, 3.8) is 0 Å². The van der Waals surface area contributed by atoms with Gasteiger partial charge in [-0.15, -0.1) is 5.10 Å². The number of nitrogens with zero attached hydrogens (tertiary/aromatic N) is 3. The van der Waals surface area contributed by atoms with Gasteiger partial charge in [0, 0.05) is 25.8 Å². The number of nitrogens with one attached hydrogen (secondary N) is 1. The molecule has 0 aliphatic rings. The average Bonchev–Trinajstić information content (AvgIpc) is 3.17. The van der Waals surface area contributed by atoms with Crippen LogP contribution in [0.5, 0.6) is 0 Å². The van der Waals surface area contributed by atoms with Crippen LogP contribution in [-0.2, 0) is 0 Å². The van der Waals surface area contributed by atoms with E-state index in [1.165, 1.54) is 0 Å². The van der Waals surface area contributed by atoms with Gasteiger partial charge in [-0.3, -0.25) is 4.79 Å². The fraction of sp³-hybridized carbons (Fsp3) is 0.0455. The second-order valence-electron chi connectivity index (χ2n) is 6.57. The number of benzene rings is 3. The number of anilines is 1. The molecule has 1 amide bonds. The summed E-state index contributed by atoms with van der Waals surface area (Å²) in [4.78, 5) is 17.4. The van der Waals surface area contributed by atoms with E-state index in [9.17, 15) is 4.79 Å². The minimum Gasteiger partial charge on any atom is -0.319 e. The number of amides is 1. The van der Waals surface area contributed by atoms with Crippen LogP contribution in [0.15, 0.2) is 71.2 Å². The molecular formula is C22H15BrCl2N4O. The Labute approximate surface area is 191 Å². The molecule has 1 heterocycles. The summed E-state index contributed by atoms with van der Waals surface area (Å²) in [6.07, 6.45) is 0. The van der Waals surface area contributed by atoms with Crippen molar-refractivity contribution in [3.05, 3.63) is 92.6 Å². The highest BCUT2D eigenvalue weighted by Gasteiger charge is 2.19. The van der Waals surface area contributed by atoms with Gasteiger partial charge in [0.1, 0.15) is 0 Å². The van der Waals surface area contributed by atoms with Crippen molar-refractivity contribution in [1.82, 2.24) is 14.8 Å². The maximum absolute atomic E-state index is 12.9. The molecule has 3 aromatic carbocycles. The first kappa shape index (κ1) is 20.6. The van der Waals surface area contributed by atoms with Crippen molar-refractivity contribution < 1.29 is 4.79 Å². The normalized spacial score (nSPS) is 10.8. The number of aromatic nitrogens is 3. The second-order valence-corrected chi connectivity index (χ2v) is 8.36. The molecule has 0 saturated heterocycles. The molecule has 0 aliphatic heterocycles. The van der Waals surface area contributed by atoms with E-state index < -0.39 is 5.91 Å². The van der Waals surface area contributed by atoms with Gasteiger partial charge in [-0.1, -0.05) is 45.2 Å². The molecule has 0 saturated carbocycles. The lowest BCUT2D eigenvalue weighted by Crippen LogP contribution is -2.15. The van der Waals surface area contributed by atoms with E-state index >= 15 is 0 Å². The van der Waals surface area contributed by atoms with Crippen LogP contribution >= 0.6 is 39.1 Å². The fourth-order valence-electron chi connectivity index (χ4n) is 2.86. The number of carbonyl (C=O) groups excluding carboxylic acids is 1. The van der Waals surface area contributed by atoms with Gasteiger partial charge in [-0.05, 0) is 73.2 Å². The molecule has 1 N–H and O–H groups in total. The monoisotopic (exact) mass is 500 g/mol. The highest BCUT2D eigenvalue weighted by atomic mass is 79.9. The highest BCUT2D eigenvalue weighted by Crippen LogP contribution is 2.25. The first-order chi connectivity index (χ1) is 14.4. The number of rotatable bonds is 4. The van der Waals surface area contributed by atoms with Crippen LogP contribution < -0.4 is 5.32 Å². The van der Waals surface area contributed by atoms with Gasteiger partial charge in [0.2, 0.25) is 5.82 Å². The summed E-state index contributed by atoms with van der Waals surface area (Å²) >= 11 is 15.5. The van der Waals surface area contributed by atoms with E-state index in [0.717, 1.165) is 21.3 Å². The molecule has 0 atom stereocenters. The third-order valence-electron chi connectivity index (χ3n) is 4.43. The summed E-state index contributed by atoms with van der Waals surface area (Å²) in [5, 5.41) is 8.46. The minimum absolute atomic E-state index is 0.0437. The summed E-state index contributed by atoms with van der Waals surface area (Å²) in [6.45, 7) is 1.89. The largest absolute Gasteiger partial charge is 0.319 e. The Morgan fingerprint density at radius 1 is 0.967 bits per heavy atom. The third-order valence-corrected chi connectivity index (χ3v) is 5.45. The molecule has 5 nitrogen and oxygen atoms in total. The Morgan fingerprint density at radius 3 is 2.33 bits per heavy atom. The van der Waals surface area contributed by atoms with Gasteiger partial charge in [0.15, 0.2) is 5.82 Å². The Hall–Kier alpha value is -2.67. The second kappa shape index (κ2) is 8.60. The molecule has 0 fully saturated rings. The zero-order chi connectivity index (χ0) is 21.3. The van der Waals surface area contributed by atoms with Crippen molar-refractivity contribution in [2.45, 2.75) is 6.92 Å². The van der Waals surface area contributed by atoms with Crippen LogP contribution in [0.2, 0.25) is 10.0 Å².